The van der Waals surface area contributed by atoms with Crippen molar-refractivity contribution in [3.8, 4) is 0 Å². The van der Waals surface area contributed by atoms with E-state index in [1.54, 1.807) is 6.21 Å². The Morgan fingerprint density at radius 1 is 1.18 bits per heavy atom. The molecule has 0 aliphatic carbocycles. The molecule has 0 bridgehead atoms. The van der Waals surface area contributed by atoms with Gasteiger partial charge in [-0.05, 0) is 31.5 Å². The van der Waals surface area contributed by atoms with Crippen LogP contribution in [-0.4, -0.2) is 25.3 Å². The van der Waals surface area contributed by atoms with Crippen LogP contribution < -0.4 is 16.4 Å². The Labute approximate surface area is 102 Å². The highest BCUT2D eigenvalue weighted by Crippen LogP contribution is 2.13. The van der Waals surface area contributed by atoms with E-state index in [0.29, 0.717) is 0 Å². The molecule has 4 N–H and O–H groups in total. The number of benzene rings is 1. The summed E-state index contributed by atoms with van der Waals surface area (Å²) in [5, 5.41) is 7.30. The van der Waals surface area contributed by atoms with Gasteiger partial charge in [0.1, 0.15) is 0 Å². The van der Waals surface area contributed by atoms with Crippen molar-refractivity contribution in [3.63, 3.8) is 0 Å². The van der Waals surface area contributed by atoms with Gasteiger partial charge in [0, 0.05) is 18.8 Å². The maximum Gasteiger partial charge on any atom is 0.211 e. The van der Waals surface area contributed by atoms with Gasteiger partial charge in [-0.1, -0.05) is 12.1 Å². The lowest BCUT2D eigenvalue weighted by atomic mass is 10.2. The maximum atomic E-state index is 5.16. The Hall–Kier alpha value is -2.04. The van der Waals surface area contributed by atoms with Crippen LogP contribution in [0.2, 0.25) is 0 Å². The van der Waals surface area contributed by atoms with E-state index in [-0.39, 0.29) is 5.96 Å². The number of hydrogen-bond donors (Lipinski definition) is 2. The van der Waals surface area contributed by atoms with E-state index in [1.165, 1.54) is 5.69 Å². The predicted octanol–water partition coefficient (Wildman–Crippen LogP) is 1.14. The topological polar surface area (TPSA) is 80.0 Å². The fourth-order valence-electron chi connectivity index (χ4n) is 1.52. The van der Waals surface area contributed by atoms with Gasteiger partial charge >= 0.3 is 0 Å². The number of hydrogen-bond acceptors (Lipinski definition) is 3. The molecule has 0 radical (unpaired) electrons. The van der Waals surface area contributed by atoms with Gasteiger partial charge in [-0.25, -0.2) is 0 Å². The zero-order valence-corrected chi connectivity index (χ0v) is 10.3. The van der Waals surface area contributed by atoms with Gasteiger partial charge in [0.2, 0.25) is 5.96 Å². The summed E-state index contributed by atoms with van der Waals surface area (Å²) in [6, 6.07) is 8.09. The van der Waals surface area contributed by atoms with Crippen LogP contribution in [0.1, 0.15) is 19.4 Å². The van der Waals surface area contributed by atoms with Crippen molar-refractivity contribution >= 4 is 17.9 Å². The van der Waals surface area contributed by atoms with E-state index in [4.69, 9.17) is 11.5 Å². The van der Waals surface area contributed by atoms with Crippen molar-refractivity contribution in [2.45, 2.75) is 13.8 Å². The summed E-state index contributed by atoms with van der Waals surface area (Å²) in [5.74, 6) is -0.0407. The molecule has 5 nitrogen and oxygen atoms in total. The maximum absolute atomic E-state index is 5.16. The molecule has 92 valence electrons. The van der Waals surface area contributed by atoms with Gasteiger partial charge in [0.15, 0.2) is 0 Å². The molecule has 0 atom stereocenters. The van der Waals surface area contributed by atoms with E-state index in [0.717, 1.165) is 18.7 Å². The van der Waals surface area contributed by atoms with E-state index in [1.807, 2.05) is 12.1 Å². The number of rotatable bonds is 5. The first-order valence-electron chi connectivity index (χ1n) is 5.64. The van der Waals surface area contributed by atoms with Crippen LogP contribution in [0, 0.1) is 0 Å². The van der Waals surface area contributed by atoms with E-state index in [9.17, 15) is 0 Å². The van der Waals surface area contributed by atoms with Gasteiger partial charge in [0.05, 0.1) is 6.21 Å². The van der Waals surface area contributed by atoms with E-state index in [2.05, 4.69) is 41.1 Å². The summed E-state index contributed by atoms with van der Waals surface area (Å²) in [6.45, 7) is 6.27. The largest absolute Gasteiger partial charge is 0.372 e. The minimum atomic E-state index is -0.0407. The highest BCUT2D eigenvalue weighted by Gasteiger charge is 1.99. The molecule has 0 fully saturated rings. The summed E-state index contributed by atoms with van der Waals surface area (Å²) in [5.41, 5.74) is 12.5. The predicted molar refractivity (Wildman–Crippen MR) is 73.4 cm³/mol. The fourth-order valence-corrected chi connectivity index (χ4v) is 1.52. The zero-order valence-electron chi connectivity index (χ0n) is 10.3. The minimum Gasteiger partial charge on any atom is -0.372 e. The van der Waals surface area contributed by atoms with Crippen LogP contribution in [0.25, 0.3) is 0 Å². The third kappa shape index (κ3) is 4.14. The highest BCUT2D eigenvalue weighted by atomic mass is 15.3. The van der Waals surface area contributed by atoms with Crippen molar-refractivity contribution < 1.29 is 0 Å². The van der Waals surface area contributed by atoms with Crippen LogP contribution in [0.4, 0.5) is 5.69 Å². The van der Waals surface area contributed by atoms with E-state index >= 15 is 0 Å². The van der Waals surface area contributed by atoms with Crippen LogP contribution in [0.5, 0.6) is 0 Å². The second-order valence-electron chi connectivity index (χ2n) is 3.53. The Morgan fingerprint density at radius 3 is 2.24 bits per heavy atom. The third-order valence-corrected chi connectivity index (χ3v) is 2.40. The van der Waals surface area contributed by atoms with Crippen molar-refractivity contribution in [1.82, 2.24) is 0 Å². The lowest BCUT2D eigenvalue weighted by Gasteiger charge is -2.20. The van der Waals surface area contributed by atoms with Gasteiger partial charge in [-0.15, -0.1) is 5.10 Å². The standard InChI is InChI=1S/C12H19N5/c1-3-17(4-2)11-7-5-10(6-8-11)9-15-16-12(13)14/h5-9H,3-4H2,1-2H3,(H4,13,14,16). The second-order valence-corrected chi connectivity index (χ2v) is 3.53. The molecular weight excluding hydrogens is 214 g/mol. The number of nitrogens with zero attached hydrogens (tertiary/aromatic N) is 3. The fraction of sp³-hybridized carbons (Fsp3) is 0.333. The molecule has 0 aliphatic rings. The number of nitrogens with two attached hydrogens (primary N) is 2. The van der Waals surface area contributed by atoms with Gasteiger partial charge in [-0.3, -0.25) is 0 Å². The average molecular weight is 233 g/mol. The smallest absolute Gasteiger partial charge is 0.211 e. The van der Waals surface area contributed by atoms with E-state index < -0.39 is 0 Å². The third-order valence-electron chi connectivity index (χ3n) is 2.40. The molecule has 0 saturated heterocycles. The Bertz CT molecular complexity index is 386. The molecule has 1 aromatic rings. The van der Waals surface area contributed by atoms with Crippen molar-refractivity contribution in [2.24, 2.45) is 21.7 Å². The Kier molecular flexibility index (Phi) is 5.00. The minimum absolute atomic E-state index is 0.0407. The normalized spacial score (nSPS) is 10.5. The molecule has 5 heteroatoms. The summed E-state index contributed by atoms with van der Waals surface area (Å²) >= 11 is 0. The van der Waals surface area contributed by atoms with Crippen LogP contribution in [0.15, 0.2) is 34.5 Å². The molecule has 0 amide bonds. The zero-order chi connectivity index (χ0) is 12.7. The first-order chi connectivity index (χ1) is 8.17. The molecule has 17 heavy (non-hydrogen) atoms. The second kappa shape index (κ2) is 6.52. The Balaban J connectivity index is 2.74. The number of anilines is 1. The molecule has 0 spiro atoms. The lowest BCUT2D eigenvalue weighted by molar-refractivity contribution is 0.866. The van der Waals surface area contributed by atoms with Crippen LogP contribution >= 0.6 is 0 Å². The van der Waals surface area contributed by atoms with Crippen LogP contribution in [-0.2, 0) is 0 Å². The molecule has 0 heterocycles. The molecule has 0 unspecified atom stereocenters. The number of guanidine groups is 1. The molecular formula is C12H19N5. The first-order valence-corrected chi connectivity index (χ1v) is 5.64. The first kappa shape index (κ1) is 13.0. The van der Waals surface area contributed by atoms with Gasteiger partial charge in [0.25, 0.3) is 0 Å². The molecule has 1 rings (SSSR count). The highest BCUT2D eigenvalue weighted by molar-refractivity contribution is 5.82. The quantitative estimate of drug-likeness (QED) is 0.454. The summed E-state index contributed by atoms with van der Waals surface area (Å²) in [7, 11) is 0. The average Bonchev–Trinajstić information content (AvgIpc) is 2.32. The SMILES string of the molecule is CCN(CC)c1ccc(C=NN=C(N)N)cc1. The monoisotopic (exact) mass is 233 g/mol. The van der Waals surface area contributed by atoms with Crippen molar-refractivity contribution in [1.29, 1.82) is 0 Å². The summed E-state index contributed by atoms with van der Waals surface area (Å²) < 4.78 is 0. The van der Waals surface area contributed by atoms with Gasteiger partial charge < -0.3 is 16.4 Å². The van der Waals surface area contributed by atoms with Crippen molar-refractivity contribution in [2.75, 3.05) is 18.0 Å². The Morgan fingerprint density at radius 2 is 1.76 bits per heavy atom. The van der Waals surface area contributed by atoms with Crippen molar-refractivity contribution in [3.05, 3.63) is 29.8 Å². The summed E-state index contributed by atoms with van der Waals surface area (Å²) in [6.07, 6.45) is 1.62. The summed E-state index contributed by atoms with van der Waals surface area (Å²) in [4.78, 5) is 2.27. The van der Waals surface area contributed by atoms with Gasteiger partial charge in [-0.2, -0.15) is 5.10 Å². The molecule has 1 aromatic carbocycles. The molecule has 0 saturated carbocycles. The molecule has 0 aromatic heterocycles. The lowest BCUT2D eigenvalue weighted by Crippen LogP contribution is -2.21. The van der Waals surface area contributed by atoms with Crippen LogP contribution in [0.3, 0.4) is 0 Å². The molecule has 0 aliphatic heterocycles.